The molecule has 1 aromatic rings. The van der Waals surface area contributed by atoms with Crippen molar-refractivity contribution in [3.05, 3.63) is 34.3 Å². The number of carbonyl (C=O) groups excluding carboxylic acids is 1. The minimum atomic E-state index is 0.210. The van der Waals surface area contributed by atoms with Crippen LogP contribution in [0.5, 0.6) is 0 Å². The highest BCUT2D eigenvalue weighted by atomic mass is 79.9. The topological polar surface area (TPSA) is 23.6 Å². The van der Waals surface area contributed by atoms with E-state index in [1.54, 1.807) is 0 Å². The van der Waals surface area contributed by atoms with Crippen LogP contribution in [-0.4, -0.2) is 55.4 Å². The van der Waals surface area contributed by atoms with E-state index in [2.05, 4.69) is 39.8 Å². The summed E-state index contributed by atoms with van der Waals surface area (Å²) in [5.74, 6) is 0.210. The van der Waals surface area contributed by atoms with Crippen LogP contribution in [0.2, 0.25) is 0 Å². The maximum Gasteiger partial charge on any atom is 0.176 e. The Morgan fingerprint density at radius 1 is 1.39 bits per heavy atom. The number of carbonyl (C=O) groups is 1. The van der Waals surface area contributed by atoms with E-state index in [9.17, 15) is 4.79 Å². The molecular formula is C14H19BrN2O. The van der Waals surface area contributed by atoms with Gasteiger partial charge in [0.05, 0.1) is 6.54 Å². The SMILES string of the molecule is CN(C)C1CCN(CC(=O)c2ccc(Br)cc2)C1. The van der Waals surface area contributed by atoms with Crippen LogP contribution < -0.4 is 0 Å². The predicted octanol–water partition coefficient (Wildman–Crippen LogP) is 2.27. The largest absolute Gasteiger partial charge is 0.305 e. The summed E-state index contributed by atoms with van der Waals surface area (Å²) >= 11 is 3.38. The molecule has 18 heavy (non-hydrogen) atoms. The minimum absolute atomic E-state index is 0.210. The molecule has 1 fully saturated rings. The van der Waals surface area contributed by atoms with Crippen LogP contribution in [0.15, 0.2) is 28.7 Å². The number of hydrogen-bond donors (Lipinski definition) is 0. The first-order chi connectivity index (χ1) is 8.56. The molecule has 3 nitrogen and oxygen atoms in total. The molecule has 0 N–H and O–H groups in total. The molecule has 4 heteroatoms. The highest BCUT2D eigenvalue weighted by Crippen LogP contribution is 2.15. The zero-order valence-electron chi connectivity index (χ0n) is 10.9. The van der Waals surface area contributed by atoms with Gasteiger partial charge in [-0.25, -0.2) is 0 Å². The van der Waals surface area contributed by atoms with Gasteiger partial charge in [0.15, 0.2) is 5.78 Å². The summed E-state index contributed by atoms with van der Waals surface area (Å²) in [5, 5.41) is 0. The van der Waals surface area contributed by atoms with E-state index in [0.29, 0.717) is 12.6 Å². The first kappa shape index (κ1) is 13.7. The van der Waals surface area contributed by atoms with Crippen LogP contribution >= 0.6 is 15.9 Å². The predicted molar refractivity (Wildman–Crippen MR) is 77.0 cm³/mol. The van der Waals surface area contributed by atoms with Crippen LogP contribution in [0, 0.1) is 0 Å². The van der Waals surface area contributed by atoms with Crippen molar-refractivity contribution in [3.63, 3.8) is 0 Å². The summed E-state index contributed by atoms with van der Waals surface area (Å²) in [4.78, 5) is 16.6. The lowest BCUT2D eigenvalue weighted by Crippen LogP contribution is -2.33. The van der Waals surface area contributed by atoms with Crippen molar-refractivity contribution in [2.75, 3.05) is 33.7 Å². The summed E-state index contributed by atoms with van der Waals surface area (Å²) in [5.41, 5.74) is 0.798. The summed E-state index contributed by atoms with van der Waals surface area (Å²) in [6, 6.07) is 8.18. The molecule has 2 rings (SSSR count). The van der Waals surface area contributed by atoms with Gasteiger partial charge >= 0.3 is 0 Å². The lowest BCUT2D eigenvalue weighted by Gasteiger charge is -2.19. The molecule has 1 unspecified atom stereocenters. The van der Waals surface area contributed by atoms with Gasteiger partial charge < -0.3 is 4.90 Å². The molecule has 1 heterocycles. The molecule has 1 aliphatic rings. The van der Waals surface area contributed by atoms with Crippen molar-refractivity contribution in [3.8, 4) is 0 Å². The fourth-order valence-electron chi connectivity index (χ4n) is 2.31. The molecule has 1 aromatic carbocycles. The molecule has 0 aromatic heterocycles. The Kier molecular flexibility index (Phi) is 4.54. The molecule has 0 aliphatic carbocycles. The number of nitrogens with zero attached hydrogens (tertiary/aromatic N) is 2. The second kappa shape index (κ2) is 5.95. The van der Waals surface area contributed by atoms with Crippen molar-refractivity contribution in [2.24, 2.45) is 0 Å². The number of hydrogen-bond acceptors (Lipinski definition) is 3. The molecule has 1 atom stereocenters. The second-order valence-electron chi connectivity index (χ2n) is 5.07. The van der Waals surface area contributed by atoms with Gasteiger partial charge in [0.1, 0.15) is 0 Å². The molecule has 0 amide bonds. The van der Waals surface area contributed by atoms with E-state index in [4.69, 9.17) is 0 Å². The highest BCUT2D eigenvalue weighted by Gasteiger charge is 2.25. The molecule has 1 aliphatic heterocycles. The minimum Gasteiger partial charge on any atom is -0.305 e. The zero-order valence-corrected chi connectivity index (χ0v) is 12.5. The smallest absolute Gasteiger partial charge is 0.176 e. The maximum atomic E-state index is 12.1. The fraction of sp³-hybridized carbons (Fsp3) is 0.500. The standard InChI is InChI=1S/C14H19BrN2O/c1-16(2)13-7-8-17(9-13)10-14(18)11-3-5-12(15)6-4-11/h3-6,13H,7-10H2,1-2H3. The van der Waals surface area contributed by atoms with Gasteiger partial charge in [0, 0.05) is 29.2 Å². The van der Waals surface area contributed by atoms with Gasteiger partial charge in [-0.15, -0.1) is 0 Å². The zero-order chi connectivity index (χ0) is 13.1. The van der Waals surface area contributed by atoms with Crippen LogP contribution in [0.25, 0.3) is 0 Å². The van der Waals surface area contributed by atoms with Crippen molar-refractivity contribution >= 4 is 21.7 Å². The van der Waals surface area contributed by atoms with Gasteiger partial charge in [0.25, 0.3) is 0 Å². The van der Waals surface area contributed by atoms with Gasteiger partial charge in [-0.1, -0.05) is 28.1 Å². The number of benzene rings is 1. The van der Waals surface area contributed by atoms with Crippen LogP contribution in [-0.2, 0) is 0 Å². The van der Waals surface area contributed by atoms with Crippen LogP contribution in [0.3, 0.4) is 0 Å². The van der Waals surface area contributed by atoms with E-state index >= 15 is 0 Å². The monoisotopic (exact) mass is 310 g/mol. The lowest BCUT2D eigenvalue weighted by molar-refractivity contribution is 0.0941. The van der Waals surface area contributed by atoms with E-state index in [1.807, 2.05) is 24.3 Å². The molecular weight excluding hydrogens is 292 g/mol. The third-order valence-corrected chi connectivity index (χ3v) is 4.04. The van der Waals surface area contributed by atoms with E-state index in [-0.39, 0.29) is 5.78 Å². The van der Waals surface area contributed by atoms with Gasteiger partial charge in [-0.2, -0.15) is 0 Å². The third-order valence-electron chi connectivity index (χ3n) is 3.51. The quantitative estimate of drug-likeness (QED) is 0.797. The molecule has 98 valence electrons. The molecule has 1 saturated heterocycles. The number of ketones is 1. The van der Waals surface area contributed by atoms with Gasteiger partial charge in [-0.05, 0) is 32.6 Å². The highest BCUT2D eigenvalue weighted by molar-refractivity contribution is 9.10. The number of Topliss-reactive ketones (excluding diaryl/α,β-unsaturated/α-hetero) is 1. The van der Waals surface area contributed by atoms with Crippen molar-refractivity contribution in [2.45, 2.75) is 12.5 Å². The van der Waals surface area contributed by atoms with Crippen LogP contribution in [0.1, 0.15) is 16.8 Å². The number of halogens is 1. The normalized spacial score (nSPS) is 20.6. The maximum absolute atomic E-state index is 12.1. The second-order valence-corrected chi connectivity index (χ2v) is 5.99. The number of likely N-dealkylation sites (N-methyl/N-ethyl adjacent to an activating group) is 1. The summed E-state index contributed by atoms with van der Waals surface area (Å²) < 4.78 is 1.01. The summed E-state index contributed by atoms with van der Waals surface area (Å²) in [7, 11) is 4.20. The van der Waals surface area contributed by atoms with Crippen LogP contribution in [0.4, 0.5) is 0 Å². The number of rotatable bonds is 4. The Labute approximate surface area is 117 Å². The Morgan fingerprint density at radius 3 is 2.61 bits per heavy atom. The van der Waals surface area contributed by atoms with Crippen molar-refractivity contribution in [1.29, 1.82) is 0 Å². The summed E-state index contributed by atoms with van der Waals surface area (Å²) in [6.45, 7) is 2.55. The average Bonchev–Trinajstić information content (AvgIpc) is 2.78. The molecule has 0 spiro atoms. The first-order valence-corrected chi connectivity index (χ1v) is 7.03. The van der Waals surface area contributed by atoms with E-state index < -0.39 is 0 Å². The fourth-order valence-corrected chi connectivity index (χ4v) is 2.57. The number of likely N-dealkylation sites (tertiary alicyclic amines) is 1. The first-order valence-electron chi connectivity index (χ1n) is 6.24. The lowest BCUT2D eigenvalue weighted by atomic mass is 10.1. The van der Waals surface area contributed by atoms with Gasteiger partial charge in [0.2, 0.25) is 0 Å². The van der Waals surface area contributed by atoms with E-state index in [0.717, 1.165) is 29.5 Å². The summed E-state index contributed by atoms with van der Waals surface area (Å²) in [6.07, 6.45) is 1.15. The van der Waals surface area contributed by atoms with Crippen molar-refractivity contribution < 1.29 is 4.79 Å². The molecule has 0 saturated carbocycles. The average molecular weight is 311 g/mol. The Morgan fingerprint density at radius 2 is 2.06 bits per heavy atom. The third kappa shape index (κ3) is 3.40. The Hall–Kier alpha value is -0.710. The Balaban J connectivity index is 1.91. The van der Waals surface area contributed by atoms with Crippen molar-refractivity contribution in [1.82, 2.24) is 9.80 Å². The van der Waals surface area contributed by atoms with Gasteiger partial charge in [-0.3, -0.25) is 9.69 Å². The molecule has 0 bridgehead atoms. The van der Waals surface area contributed by atoms with E-state index in [1.165, 1.54) is 0 Å². The Bertz CT molecular complexity index is 416. The molecule has 0 radical (unpaired) electrons.